The first-order valence-electron chi connectivity index (χ1n) is 8.03. The van der Waals surface area contributed by atoms with Gasteiger partial charge in [-0.05, 0) is 23.8 Å². The van der Waals surface area contributed by atoms with Crippen molar-refractivity contribution in [1.82, 2.24) is 20.2 Å². The largest absolute Gasteiger partial charge is 0.344 e. The fraction of sp³-hybridized carbons (Fsp3) is 0.222. The van der Waals surface area contributed by atoms with Gasteiger partial charge in [0.15, 0.2) is 0 Å². The molecule has 0 saturated carbocycles. The minimum atomic E-state index is -0.460. The summed E-state index contributed by atoms with van der Waals surface area (Å²) in [5.41, 5.74) is 2.22. The van der Waals surface area contributed by atoms with E-state index in [9.17, 15) is 9.18 Å². The van der Waals surface area contributed by atoms with Crippen LogP contribution >= 0.6 is 11.6 Å². The van der Waals surface area contributed by atoms with Crippen LogP contribution in [0.15, 0.2) is 42.7 Å². The topological polar surface area (TPSA) is 61.0 Å². The summed E-state index contributed by atoms with van der Waals surface area (Å²) in [6.45, 7) is 1.65. The third-order valence-electron chi connectivity index (χ3n) is 4.46. The maximum absolute atomic E-state index is 13.8. The quantitative estimate of drug-likeness (QED) is 0.739. The Morgan fingerprint density at radius 3 is 3.00 bits per heavy atom. The number of aromatic amines is 1. The Bertz CT molecular complexity index is 942. The summed E-state index contributed by atoms with van der Waals surface area (Å²) >= 11 is 6.28. The molecule has 1 fully saturated rings. The van der Waals surface area contributed by atoms with Gasteiger partial charge in [-0.3, -0.25) is 4.79 Å². The van der Waals surface area contributed by atoms with Crippen LogP contribution in [0.2, 0.25) is 5.02 Å². The lowest BCUT2D eigenvalue weighted by Crippen LogP contribution is -2.48. The van der Waals surface area contributed by atoms with Crippen molar-refractivity contribution in [3.63, 3.8) is 0 Å². The number of piperazine rings is 1. The molecule has 1 saturated heterocycles. The number of aromatic nitrogens is 2. The third kappa shape index (κ3) is 2.99. The van der Waals surface area contributed by atoms with Crippen LogP contribution in [-0.2, 0) is 0 Å². The van der Waals surface area contributed by atoms with Crippen molar-refractivity contribution in [3.8, 4) is 0 Å². The molecule has 0 radical (unpaired) electrons. The highest BCUT2D eigenvalue weighted by Gasteiger charge is 2.27. The summed E-state index contributed by atoms with van der Waals surface area (Å²) in [7, 11) is 0. The number of benzene rings is 2. The van der Waals surface area contributed by atoms with Gasteiger partial charge in [0.1, 0.15) is 11.3 Å². The molecule has 1 unspecified atom stereocenters. The molecule has 5 nitrogen and oxygen atoms in total. The minimum absolute atomic E-state index is 0.0605. The summed E-state index contributed by atoms with van der Waals surface area (Å²) in [5, 5.41) is 4.04. The molecule has 0 aliphatic carbocycles. The van der Waals surface area contributed by atoms with E-state index in [-0.39, 0.29) is 17.5 Å². The van der Waals surface area contributed by atoms with Gasteiger partial charge in [-0.2, -0.15) is 0 Å². The van der Waals surface area contributed by atoms with E-state index >= 15 is 0 Å². The second kappa shape index (κ2) is 6.46. The zero-order valence-electron chi connectivity index (χ0n) is 13.3. The van der Waals surface area contributed by atoms with Crippen LogP contribution in [0.1, 0.15) is 22.0 Å². The number of fused-ring (bicyclic) bond motifs is 1. The van der Waals surface area contributed by atoms with Gasteiger partial charge in [-0.1, -0.05) is 29.8 Å². The predicted octanol–water partition coefficient (Wildman–Crippen LogP) is 3.14. The number of imidazole rings is 1. The van der Waals surface area contributed by atoms with E-state index in [4.69, 9.17) is 11.6 Å². The third-order valence-corrected chi connectivity index (χ3v) is 4.81. The van der Waals surface area contributed by atoms with Crippen LogP contribution in [0.5, 0.6) is 0 Å². The van der Waals surface area contributed by atoms with Crippen molar-refractivity contribution < 1.29 is 9.18 Å². The molecule has 4 rings (SSSR count). The standard InChI is InChI=1S/C18H16ClFN4O/c19-14-4-2-1-3-12(14)16-9-24(6-5-21-16)18(25)13-7-11(20)8-15-17(13)23-10-22-15/h1-4,7-8,10,16,21H,5-6,9H2,(H,22,23). The molecule has 2 N–H and O–H groups in total. The first-order valence-corrected chi connectivity index (χ1v) is 8.41. The number of hydrogen-bond donors (Lipinski definition) is 2. The number of H-pyrrole nitrogens is 1. The lowest BCUT2D eigenvalue weighted by atomic mass is 10.0. The van der Waals surface area contributed by atoms with E-state index in [0.717, 1.165) is 5.56 Å². The summed E-state index contributed by atoms with van der Waals surface area (Å²) in [6.07, 6.45) is 1.46. The number of halogens is 2. The highest BCUT2D eigenvalue weighted by Crippen LogP contribution is 2.26. The smallest absolute Gasteiger partial charge is 0.256 e. The van der Waals surface area contributed by atoms with Crippen LogP contribution in [0.25, 0.3) is 11.0 Å². The van der Waals surface area contributed by atoms with Gasteiger partial charge in [0, 0.05) is 24.7 Å². The molecule has 1 aliphatic rings. The number of nitrogens with zero attached hydrogens (tertiary/aromatic N) is 2. The van der Waals surface area contributed by atoms with Crippen molar-refractivity contribution in [2.75, 3.05) is 19.6 Å². The van der Waals surface area contributed by atoms with Gasteiger partial charge in [0.05, 0.1) is 23.4 Å². The highest BCUT2D eigenvalue weighted by molar-refractivity contribution is 6.31. The molecule has 25 heavy (non-hydrogen) atoms. The lowest BCUT2D eigenvalue weighted by Gasteiger charge is -2.34. The summed E-state index contributed by atoms with van der Waals surface area (Å²) in [4.78, 5) is 21.7. The van der Waals surface area contributed by atoms with Gasteiger partial charge in [0.2, 0.25) is 0 Å². The summed E-state index contributed by atoms with van der Waals surface area (Å²) in [6, 6.07) is 10.1. The van der Waals surface area contributed by atoms with E-state index in [1.807, 2.05) is 24.3 Å². The van der Waals surface area contributed by atoms with E-state index < -0.39 is 5.82 Å². The molecule has 0 spiro atoms. The zero-order chi connectivity index (χ0) is 17.4. The van der Waals surface area contributed by atoms with Crippen molar-refractivity contribution in [1.29, 1.82) is 0 Å². The second-order valence-electron chi connectivity index (χ2n) is 6.03. The Hall–Kier alpha value is -2.44. The monoisotopic (exact) mass is 358 g/mol. The lowest BCUT2D eigenvalue weighted by molar-refractivity contribution is 0.0704. The summed E-state index contributed by atoms with van der Waals surface area (Å²) in [5.74, 6) is -0.687. The number of rotatable bonds is 2. The molecule has 0 bridgehead atoms. The molecule has 1 amide bonds. The van der Waals surface area contributed by atoms with Crippen molar-refractivity contribution >= 4 is 28.5 Å². The molecule has 128 valence electrons. The highest BCUT2D eigenvalue weighted by atomic mass is 35.5. The molecule has 1 atom stereocenters. The van der Waals surface area contributed by atoms with E-state index in [1.54, 1.807) is 4.90 Å². The van der Waals surface area contributed by atoms with Gasteiger partial charge < -0.3 is 15.2 Å². The number of hydrogen-bond acceptors (Lipinski definition) is 3. The van der Waals surface area contributed by atoms with E-state index in [1.165, 1.54) is 18.5 Å². The van der Waals surface area contributed by atoms with Crippen LogP contribution in [0.4, 0.5) is 4.39 Å². The Morgan fingerprint density at radius 2 is 2.16 bits per heavy atom. The molecule has 2 aromatic carbocycles. The molecular weight excluding hydrogens is 343 g/mol. The maximum Gasteiger partial charge on any atom is 0.256 e. The molecule has 7 heteroatoms. The van der Waals surface area contributed by atoms with Crippen molar-refractivity contribution in [3.05, 3.63) is 64.7 Å². The SMILES string of the molecule is O=C(c1cc(F)cc2[nH]cnc12)N1CCNC(c2ccccc2Cl)C1. The second-order valence-corrected chi connectivity index (χ2v) is 6.44. The van der Waals surface area contributed by atoms with Crippen LogP contribution in [0.3, 0.4) is 0 Å². The first-order chi connectivity index (χ1) is 12.1. The molecule has 1 aromatic heterocycles. The average Bonchev–Trinajstić information content (AvgIpc) is 3.09. The first kappa shape index (κ1) is 16.1. The maximum atomic E-state index is 13.8. The fourth-order valence-corrected chi connectivity index (χ4v) is 3.52. The number of carbonyl (C=O) groups excluding carboxylic acids is 1. The molecule has 3 aromatic rings. The van der Waals surface area contributed by atoms with Gasteiger partial charge >= 0.3 is 0 Å². The number of amides is 1. The Kier molecular flexibility index (Phi) is 4.15. The van der Waals surface area contributed by atoms with Gasteiger partial charge in [-0.25, -0.2) is 9.37 Å². The fourth-order valence-electron chi connectivity index (χ4n) is 3.25. The van der Waals surface area contributed by atoms with Crippen molar-refractivity contribution in [2.24, 2.45) is 0 Å². The summed E-state index contributed by atoms with van der Waals surface area (Å²) < 4.78 is 13.8. The number of nitrogens with one attached hydrogen (secondary N) is 2. The Morgan fingerprint density at radius 1 is 1.32 bits per heavy atom. The van der Waals surface area contributed by atoms with Crippen LogP contribution in [0, 0.1) is 5.82 Å². The normalized spacial score (nSPS) is 17.8. The predicted molar refractivity (Wildman–Crippen MR) is 94.2 cm³/mol. The zero-order valence-corrected chi connectivity index (χ0v) is 14.1. The Balaban J connectivity index is 1.64. The minimum Gasteiger partial charge on any atom is -0.344 e. The van der Waals surface area contributed by atoms with Crippen molar-refractivity contribution in [2.45, 2.75) is 6.04 Å². The average molecular weight is 359 g/mol. The van der Waals surface area contributed by atoms with Gasteiger partial charge in [0.25, 0.3) is 5.91 Å². The van der Waals surface area contributed by atoms with E-state index in [2.05, 4.69) is 15.3 Å². The molecule has 2 heterocycles. The van der Waals surface area contributed by atoms with Crippen LogP contribution < -0.4 is 5.32 Å². The Labute approximate surface area is 148 Å². The molecular formula is C18H16ClFN4O. The van der Waals surface area contributed by atoms with Crippen LogP contribution in [-0.4, -0.2) is 40.4 Å². The number of carbonyl (C=O) groups is 1. The van der Waals surface area contributed by atoms with Gasteiger partial charge in [-0.15, -0.1) is 0 Å². The van der Waals surface area contributed by atoms with E-state index in [0.29, 0.717) is 35.7 Å². The molecule has 1 aliphatic heterocycles.